The first kappa shape index (κ1) is 18.5. The highest BCUT2D eigenvalue weighted by Crippen LogP contribution is 2.26. The third-order valence-electron chi connectivity index (χ3n) is 4.66. The van der Waals surface area contributed by atoms with E-state index >= 15 is 0 Å². The molecule has 1 heterocycles. The van der Waals surface area contributed by atoms with Crippen molar-refractivity contribution in [3.05, 3.63) is 70.9 Å². The monoisotopic (exact) mass is 370 g/mol. The fourth-order valence-electron chi connectivity index (χ4n) is 2.91. The molecule has 0 radical (unpaired) electrons. The molecule has 2 atom stereocenters. The van der Waals surface area contributed by atoms with Crippen molar-refractivity contribution in [3.8, 4) is 0 Å². The highest BCUT2D eigenvalue weighted by atomic mass is 35.5. The molecule has 0 aliphatic rings. The lowest BCUT2D eigenvalue weighted by molar-refractivity contribution is -0.123. The van der Waals surface area contributed by atoms with Crippen molar-refractivity contribution >= 4 is 28.5 Å². The van der Waals surface area contributed by atoms with Crippen LogP contribution in [0.5, 0.6) is 0 Å². The Labute approximate surface area is 158 Å². The van der Waals surface area contributed by atoms with E-state index in [4.69, 9.17) is 16.0 Å². The molecule has 1 aromatic heterocycles. The van der Waals surface area contributed by atoms with Crippen LogP contribution in [0.15, 0.2) is 59.0 Å². The third kappa shape index (κ3) is 4.26. The predicted molar refractivity (Wildman–Crippen MR) is 105 cm³/mol. The largest absolute Gasteiger partial charge is 0.459 e. The fourth-order valence-corrected chi connectivity index (χ4v) is 3.04. The Kier molecular flexibility index (Phi) is 5.64. The number of benzene rings is 2. The maximum Gasteiger partial charge on any atom is 0.234 e. The van der Waals surface area contributed by atoms with Gasteiger partial charge in [-0.1, -0.05) is 41.9 Å². The van der Waals surface area contributed by atoms with Gasteiger partial charge in [-0.05, 0) is 50.7 Å². The Hall–Kier alpha value is -2.30. The molecule has 0 saturated heterocycles. The van der Waals surface area contributed by atoms with Crippen LogP contribution in [0, 0.1) is 0 Å². The zero-order valence-electron chi connectivity index (χ0n) is 15.2. The van der Waals surface area contributed by atoms with E-state index in [2.05, 4.69) is 5.32 Å². The molecule has 1 N–H and O–H groups in total. The number of hydrogen-bond acceptors (Lipinski definition) is 3. The first-order valence-corrected chi connectivity index (χ1v) is 9.05. The SMILES string of the molecule is CC(NC(=O)CN(C)C(C)c1cc2ccccc2o1)c1ccc(Cl)cc1. The van der Waals surface area contributed by atoms with Gasteiger partial charge in [0.05, 0.1) is 18.6 Å². The van der Waals surface area contributed by atoms with E-state index in [-0.39, 0.29) is 24.5 Å². The molecule has 136 valence electrons. The Morgan fingerprint density at radius 2 is 1.85 bits per heavy atom. The number of fused-ring (bicyclic) bond motifs is 1. The van der Waals surface area contributed by atoms with Crippen LogP contribution in [0.1, 0.15) is 37.3 Å². The summed E-state index contributed by atoms with van der Waals surface area (Å²) in [5.74, 6) is 0.824. The number of para-hydroxylation sites is 1. The van der Waals surface area contributed by atoms with Crippen molar-refractivity contribution in [1.82, 2.24) is 10.2 Å². The zero-order valence-corrected chi connectivity index (χ0v) is 16.0. The van der Waals surface area contributed by atoms with E-state index in [1.807, 2.05) is 80.4 Å². The summed E-state index contributed by atoms with van der Waals surface area (Å²) in [6.07, 6.45) is 0. The maximum atomic E-state index is 12.4. The number of rotatable bonds is 6. The van der Waals surface area contributed by atoms with Gasteiger partial charge in [-0.15, -0.1) is 0 Å². The summed E-state index contributed by atoms with van der Waals surface area (Å²) in [4.78, 5) is 14.4. The minimum Gasteiger partial charge on any atom is -0.459 e. The summed E-state index contributed by atoms with van der Waals surface area (Å²) in [6.45, 7) is 4.29. The van der Waals surface area contributed by atoms with Gasteiger partial charge in [-0.3, -0.25) is 9.69 Å². The summed E-state index contributed by atoms with van der Waals surface area (Å²) >= 11 is 5.91. The van der Waals surface area contributed by atoms with Crippen LogP contribution >= 0.6 is 11.6 Å². The smallest absolute Gasteiger partial charge is 0.234 e. The van der Waals surface area contributed by atoms with Crippen molar-refractivity contribution < 1.29 is 9.21 Å². The van der Waals surface area contributed by atoms with Gasteiger partial charge in [0.2, 0.25) is 5.91 Å². The highest BCUT2D eigenvalue weighted by Gasteiger charge is 2.19. The number of nitrogens with one attached hydrogen (secondary N) is 1. The van der Waals surface area contributed by atoms with Gasteiger partial charge in [0, 0.05) is 10.4 Å². The minimum absolute atomic E-state index is 0.000937. The van der Waals surface area contributed by atoms with Crippen LogP contribution in [0.25, 0.3) is 11.0 Å². The molecule has 26 heavy (non-hydrogen) atoms. The van der Waals surface area contributed by atoms with Crippen LogP contribution in [0.4, 0.5) is 0 Å². The standard InChI is InChI=1S/C21H23ClN2O2/c1-14(16-8-10-18(22)11-9-16)23-21(25)13-24(3)15(2)20-12-17-6-4-5-7-19(17)26-20/h4-12,14-15H,13H2,1-3H3,(H,23,25). The number of carbonyl (C=O) groups excluding carboxylic acids is 1. The fraction of sp³-hybridized carbons (Fsp3) is 0.286. The number of likely N-dealkylation sites (N-methyl/N-ethyl adjacent to an activating group) is 1. The quantitative estimate of drug-likeness (QED) is 0.667. The average molecular weight is 371 g/mol. The van der Waals surface area contributed by atoms with Gasteiger partial charge >= 0.3 is 0 Å². The average Bonchev–Trinajstić information content (AvgIpc) is 3.05. The summed E-state index contributed by atoms with van der Waals surface area (Å²) in [7, 11) is 1.92. The second-order valence-corrected chi connectivity index (χ2v) is 7.05. The maximum absolute atomic E-state index is 12.4. The van der Waals surface area contributed by atoms with Gasteiger partial charge in [0.15, 0.2) is 0 Å². The Morgan fingerprint density at radius 3 is 2.54 bits per heavy atom. The lowest BCUT2D eigenvalue weighted by Gasteiger charge is -2.23. The van der Waals surface area contributed by atoms with Crippen molar-refractivity contribution in [2.75, 3.05) is 13.6 Å². The summed E-state index contributed by atoms with van der Waals surface area (Å²) in [5.41, 5.74) is 1.89. The number of halogens is 1. The number of carbonyl (C=O) groups is 1. The topological polar surface area (TPSA) is 45.5 Å². The third-order valence-corrected chi connectivity index (χ3v) is 4.91. The molecule has 0 aliphatic heterocycles. The van der Waals surface area contributed by atoms with E-state index in [9.17, 15) is 4.79 Å². The molecular weight excluding hydrogens is 348 g/mol. The molecular formula is C21H23ClN2O2. The normalized spacial score (nSPS) is 13.7. The molecule has 3 rings (SSSR count). The summed E-state index contributed by atoms with van der Waals surface area (Å²) in [5, 5.41) is 4.78. The van der Waals surface area contributed by atoms with E-state index in [0.29, 0.717) is 5.02 Å². The van der Waals surface area contributed by atoms with Gasteiger partial charge in [0.25, 0.3) is 0 Å². The summed E-state index contributed by atoms with van der Waals surface area (Å²) in [6, 6.07) is 17.4. The number of nitrogens with zero attached hydrogens (tertiary/aromatic N) is 1. The van der Waals surface area contributed by atoms with E-state index in [0.717, 1.165) is 22.3 Å². The molecule has 1 amide bonds. The molecule has 3 aromatic rings. The zero-order chi connectivity index (χ0) is 18.7. The van der Waals surface area contributed by atoms with Gasteiger partial charge in [-0.25, -0.2) is 0 Å². The van der Waals surface area contributed by atoms with Gasteiger partial charge in [0.1, 0.15) is 11.3 Å². The van der Waals surface area contributed by atoms with E-state index in [1.54, 1.807) is 0 Å². The first-order valence-electron chi connectivity index (χ1n) is 8.67. The van der Waals surface area contributed by atoms with Crippen LogP contribution in [0.3, 0.4) is 0 Å². The molecule has 0 aliphatic carbocycles. The molecule has 2 aromatic carbocycles. The van der Waals surface area contributed by atoms with Crippen molar-refractivity contribution in [3.63, 3.8) is 0 Å². The molecule has 0 saturated carbocycles. The van der Waals surface area contributed by atoms with Crippen LogP contribution in [0.2, 0.25) is 5.02 Å². The highest BCUT2D eigenvalue weighted by molar-refractivity contribution is 6.30. The molecule has 0 spiro atoms. The Morgan fingerprint density at radius 1 is 1.15 bits per heavy atom. The van der Waals surface area contributed by atoms with Crippen LogP contribution in [-0.4, -0.2) is 24.4 Å². The second kappa shape index (κ2) is 7.94. The number of amides is 1. The molecule has 4 nitrogen and oxygen atoms in total. The molecule has 0 fully saturated rings. The van der Waals surface area contributed by atoms with Crippen molar-refractivity contribution in [2.45, 2.75) is 25.9 Å². The van der Waals surface area contributed by atoms with Crippen LogP contribution < -0.4 is 5.32 Å². The molecule has 5 heteroatoms. The van der Waals surface area contributed by atoms with Gasteiger partial charge < -0.3 is 9.73 Å². The van der Waals surface area contributed by atoms with E-state index < -0.39 is 0 Å². The predicted octanol–water partition coefficient (Wildman–Crippen LogP) is 4.96. The lowest BCUT2D eigenvalue weighted by atomic mass is 10.1. The number of furan rings is 1. The van der Waals surface area contributed by atoms with Crippen LogP contribution in [-0.2, 0) is 4.79 Å². The first-order chi connectivity index (χ1) is 12.4. The molecule has 0 bridgehead atoms. The van der Waals surface area contributed by atoms with Crippen molar-refractivity contribution in [2.24, 2.45) is 0 Å². The Bertz CT molecular complexity index is 855. The van der Waals surface area contributed by atoms with Gasteiger partial charge in [-0.2, -0.15) is 0 Å². The number of hydrogen-bond donors (Lipinski definition) is 1. The summed E-state index contributed by atoms with van der Waals surface area (Å²) < 4.78 is 5.91. The van der Waals surface area contributed by atoms with Crippen molar-refractivity contribution in [1.29, 1.82) is 0 Å². The lowest BCUT2D eigenvalue weighted by Crippen LogP contribution is -2.37. The minimum atomic E-state index is -0.0744. The van der Waals surface area contributed by atoms with E-state index in [1.165, 1.54) is 0 Å². The second-order valence-electron chi connectivity index (χ2n) is 6.62. The Balaban J connectivity index is 1.60. The molecule has 2 unspecified atom stereocenters.